The molecule has 3 N–H and O–H groups in total. The van der Waals surface area contributed by atoms with Crippen LogP contribution in [0.2, 0.25) is 0 Å². The lowest BCUT2D eigenvalue weighted by atomic mass is 10.0. The number of quaternary nitrogens is 1. The second-order valence-electron chi connectivity index (χ2n) is 21.3. The molecule has 430 valence electrons. The van der Waals surface area contributed by atoms with Crippen molar-refractivity contribution in [1.29, 1.82) is 0 Å². The van der Waals surface area contributed by atoms with Gasteiger partial charge < -0.3 is 19.8 Å². The van der Waals surface area contributed by atoms with Gasteiger partial charge in [0.2, 0.25) is 5.91 Å². The van der Waals surface area contributed by atoms with Crippen LogP contribution in [0.5, 0.6) is 0 Å². The molecule has 0 aromatic carbocycles. The van der Waals surface area contributed by atoms with Gasteiger partial charge >= 0.3 is 7.82 Å². The van der Waals surface area contributed by atoms with Crippen molar-refractivity contribution in [2.24, 2.45) is 0 Å². The molecule has 0 aliphatic heterocycles. The maximum Gasteiger partial charge on any atom is 0.472 e. The summed E-state index contributed by atoms with van der Waals surface area (Å²) in [5.41, 5.74) is 0. The smallest absolute Gasteiger partial charge is 0.387 e. The predicted octanol–water partition coefficient (Wildman–Crippen LogP) is 18.9. The Hall–Kier alpha value is -3.10. The minimum atomic E-state index is -4.37. The maximum absolute atomic E-state index is 13.0. The normalized spacial score (nSPS) is 14.7. The van der Waals surface area contributed by atoms with Crippen molar-refractivity contribution in [1.82, 2.24) is 5.32 Å². The number of phosphoric ester groups is 1. The van der Waals surface area contributed by atoms with Crippen molar-refractivity contribution >= 4 is 13.7 Å². The fourth-order valence-corrected chi connectivity index (χ4v) is 8.91. The number of amides is 1. The third-order valence-electron chi connectivity index (χ3n) is 12.9. The quantitative estimate of drug-likeness (QED) is 0.0243. The van der Waals surface area contributed by atoms with E-state index in [1.807, 2.05) is 27.2 Å². The summed E-state index contributed by atoms with van der Waals surface area (Å²) in [5.74, 6) is -0.206. The molecule has 0 rings (SSSR count). The van der Waals surface area contributed by atoms with Crippen molar-refractivity contribution in [2.75, 3.05) is 40.9 Å². The van der Waals surface area contributed by atoms with E-state index < -0.39 is 20.0 Å². The molecule has 0 spiro atoms. The van der Waals surface area contributed by atoms with Gasteiger partial charge in [-0.3, -0.25) is 13.8 Å². The van der Waals surface area contributed by atoms with E-state index in [1.165, 1.54) is 116 Å². The summed E-state index contributed by atoms with van der Waals surface area (Å²) in [4.78, 5) is 23.3. The number of nitrogens with one attached hydrogen (secondary N) is 1. The first-order valence-corrected chi connectivity index (χ1v) is 31.9. The van der Waals surface area contributed by atoms with E-state index in [-0.39, 0.29) is 19.1 Å². The standard InChI is InChI=1S/C66H115N2O6P/c1-6-8-10-12-14-16-18-20-22-24-26-28-30-32-33-34-35-36-38-40-42-44-46-48-50-52-54-56-58-60-66(70)67-64(63-74-75(71,72)73-62-61-68(3,4)5)65(69)59-57-55-53-51-49-47-45-43-41-39-37-31-29-27-25-23-21-19-17-15-13-11-9-7-2/h8,10,14,16,20,22,26,28,32-33,35-36,40-43,49,51,57,59,64-65,69H,6-7,9,11-13,15,17-19,21,23-25,27,29-31,34,37-39,44-48,50,52-56,58,60-63H2,1-5H3,(H-,67,70,71,72)/p+1/b10-8-,16-14-,22-20-,28-26-,33-32-,36-35-,42-40-,43-41+,51-49+,59-57+. The molecule has 0 saturated carbocycles. The highest BCUT2D eigenvalue weighted by Gasteiger charge is 2.27. The highest BCUT2D eigenvalue weighted by molar-refractivity contribution is 7.47. The fourth-order valence-electron chi connectivity index (χ4n) is 8.17. The molecule has 0 aliphatic carbocycles. The van der Waals surface area contributed by atoms with Gasteiger partial charge in [0.1, 0.15) is 13.2 Å². The van der Waals surface area contributed by atoms with Crippen molar-refractivity contribution < 1.29 is 32.9 Å². The van der Waals surface area contributed by atoms with Crippen LogP contribution >= 0.6 is 7.82 Å². The van der Waals surface area contributed by atoms with E-state index in [4.69, 9.17) is 9.05 Å². The van der Waals surface area contributed by atoms with E-state index in [1.54, 1.807) is 6.08 Å². The molecular formula is C66H116N2O6P+. The molecule has 0 saturated heterocycles. The van der Waals surface area contributed by atoms with Gasteiger partial charge in [-0.05, 0) is 103 Å². The van der Waals surface area contributed by atoms with Crippen LogP contribution in [0.1, 0.15) is 239 Å². The van der Waals surface area contributed by atoms with E-state index in [0.717, 1.165) is 103 Å². The van der Waals surface area contributed by atoms with Gasteiger partial charge in [0.05, 0.1) is 39.9 Å². The molecule has 3 unspecified atom stereocenters. The van der Waals surface area contributed by atoms with Gasteiger partial charge in [-0.25, -0.2) is 4.57 Å². The summed E-state index contributed by atoms with van der Waals surface area (Å²) < 4.78 is 23.7. The number of phosphoric acid groups is 1. The second kappa shape index (κ2) is 55.6. The van der Waals surface area contributed by atoms with Gasteiger partial charge in [-0.15, -0.1) is 0 Å². The lowest BCUT2D eigenvalue weighted by molar-refractivity contribution is -0.870. The molecular weight excluding hydrogens is 948 g/mol. The van der Waals surface area contributed by atoms with Crippen LogP contribution in [0, 0.1) is 0 Å². The van der Waals surface area contributed by atoms with Crippen LogP contribution in [0.3, 0.4) is 0 Å². The van der Waals surface area contributed by atoms with Crippen LogP contribution < -0.4 is 5.32 Å². The highest BCUT2D eigenvalue weighted by Crippen LogP contribution is 2.43. The minimum absolute atomic E-state index is 0.0445. The Morgan fingerprint density at radius 1 is 0.467 bits per heavy atom. The Kier molecular flexibility index (Phi) is 53.3. The summed E-state index contributed by atoms with van der Waals surface area (Å²) in [6, 6.07) is -0.886. The number of carbonyl (C=O) groups excluding carboxylic acids is 1. The zero-order valence-electron chi connectivity index (χ0n) is 49.0. The Morgan fingerprint density at radius 3 is 1.23 bits per heavy atom. The molecule has 9 heteroatoms. The summed E-state index contributed by atoms with van der Waals surface area (Å²) in [5, 5.41) is 13.9. The largest absolute Gasteiger partial charge is 0.472 e. The number of carbonyl (C=O) groups is 1. The van der Waals surface area contributed by atoms with Crippen LogP contribution in [0.15, 0.2) is 122 Å². The Balaban J connectivity index is 4.32. The molecule has 1 amide bonds. The zero-order chi connectivity index (χ0) is 54.9. The molecule has 0 radical (unpaired) electrons. The number of aliphatic hydroxyl groups excluding tert-OH is 1. The first-order chi connectivity index (χ1) is 36.5. The van der Waals surface area contributed by atoms with Crippen molar-refractivity contribution in [3.05, 3.63) is 122 Å². The SMILES string of the molecule is CC/C=C\C/C=C\C/C=C\C/C=C\C/C=C\C/C=C\C/C=C\CCCCCCCCCC(=O)NC(COP(=O)(O)OCC[N+](C)(C)C)C(O)/C=C/CC/C=C/CC/C=C/CCCCCCCCCCCCCCCC. The van der Waals surface area contributed by atoms with Gasteiger partial charge in [0, 0.05) is 6.42 Å². The molecule has 0 heterocycles. The van der Waals surface area contributed by atoms with Gasteiger partial charge in [-0.1, -0.05) is 251 Å². The summed E-state index contributed by atoms with van der Waals surface area (Å²) in [6.07, 6.45) is 83.1. The highest BCUT2D eigenvalue weighted by atomic mass is 31.2. The lowest BCUT2D eigenvalue weighted by Gasteiger charge is -2.25. The molecule has 0 bridgehead atoms. The molecule has 0 fully saturated rings. The lowest BCUT2D eigenvalue weighted by Crippen LogP contribution is -2.45. The molecule has 0 aromatic rings. The number of unbranched alkanes of at least 4 members (excludes halogenated alkanes) is 23. The van der Waals surface area contributed by atoms with Gasteiger partial charge in [0.25, 0.3) is 0 Å². The summed E-state index contributed by atoms with van der Waals surface area (Å²) >= 11 is 0. The summed E-state index contributed by atoms with van der Waals surface area (Å²) in [7, 11) is 1.52. The fraction of sp³-hybridized carbons (Fsp3) is 0.682. The van der Waals surface area contributed by atoms with Crippen molar-refractivity contribution in [3.8, 4) is 0 Å². The molecule has 75 heavy (non-hydrogen) atoms. The molecule has 0 aromatic heterocycles. The van der Waals surface area contributed by atoms with Gasteiger partial charge in [-0.2, -0.15) is 0 Å². The first kappa shape index (κ1) is 71.9. The number of hydrogen-bond acceptors (Lipinski definition) is 5. The first-order valence-electron chi connectivity index (χ1n) is 30.4. The van der Waals surface area contributed by atoms with Crippen molar-refractivity contribution in [3.63, 3.8) is 0 Å². The molecule has 0 aliphatic rings. The number of allylic oxidation sites excluding steroid dienone is 19. The minimum Gasteiger partial charge on any atom is -0.387 e. The Labute approximate surface area is 463 Å². The van der Waals surface area contributed by atoms with Crippen molar-refractivity contribution in [2.45, 2.75) is 251 Å². The van der Waals surface area contributed by atoms with E-state index in [9.17, 15) is 19.4 Å². The number of rotatable bonds is 54. The Morgan fingerprint density at radius 2 is 0.813 bits per heavy atom. The average Bonchev–Trinajstić information content (AvgIpc) is 3.37. The number of hydrogen-bond donors (Lipinski definition) is 3. The van der Waals surface area contributed by atoms with E-state index in [2.05, 4.69) is 129 Å². The molecule has 8 nitrogen and oxygen atoms in total. The van der Waals surface area contributed by atoms with Crippen LogP contribution in [-0.4, -0.2) is 73.4 Å². The maximum atomic E-state index is 13.0. The number of aliphatic hydroxyl groups is 1. The monoisotopic (exact) mass is 1060 g/mol. The van der Waals surface area contributed by atoms with Gasteiger partial charge in [0.15, 0.2) is 0 Å². The summed E-state index contributed by atoms with van der Waals surface area (Å²) in [6.45, 7) is 4.66. The molecule has 3 atom stereocenters. The zero-order valence-corrected chi connectivity index (χ0v) is 49.9. The third-order valence-corrected chi connectivity index (χ3v) is 13.9. The second-order valence-corrected chi connectivity index (χ2v) is 22.8. The van der Waals surface area contributed by atoms with Crippen LogP contribution in [0.25, 0.3) is 0 Å². The number of nitrogens with zero attached hydrogens (tertiary/aromatic N) is 1. The third kappa shape index (κ3) is 58.4. The predicted molar refractivity (Wildman–Crippen MR) is 327 cm³/mol. The van der Waals surface area contributed by atoms with E-state index >= 15 is 0 Å². The average molecular weight is 1060 g/mol. The topological polar surface area (TPSA) is 105 Å². The Bertz CT molecular complexity index is 1630. The van der Waals surface area contributed by atoms with Crippen LogP contribution in [-0.2, 0) is 18.4 Å². The van der Waals surface area contributed by atoms with Crippen LogP contribution in [0.4, 0.5) is 0 Å². The number of likely N-dealkylation sites (N-methyl/N-ethyl adjacent to an activating group) is 1. The van der Waals surface area contributed by atoms with E-state index in [0.29, 0.717) is 17.4 Å².